The van der Waals surface area contributed by atoms with Crippen LogP contribution in [0, 0.1) is 0 Å². The first-order valence-electron chi connectivity index (χ1n) is 8.96. The molecule has 3 rings (SSSR count). The highest BCUT2D eigenvalue weighted by Gasteiger charge is 2.11. The summed E-state index contributed by atoms with van der Waals surface area (Å²) >= 11 is 1.59. The van der Waals surface area contributed by atoms with Crippen molar-refractivity contribution in [2.45, 2.75) is 19.4 Å². The van der Waals surface area contributed by atoms with Crippen LogP contribution in [0.3, 0.4) is 0 Å². The van der Waals surface area contributed by atoms with E-state index in [0.717, 1.165) is 22.7 Å². The Morgan fingerprint density at radius 1 is 1.22 bits per heavy atom. The number of aliphatic imine (C=N–C) groups is 1. The molecule has 0 saturated carbocycles. The predicted octanol–water partition coefficient (Wildman–Crippen LogP) is 3.23. The van der Waals surface area contributed by atoms with Crippen LogP contribution >= 0.6 is 11.3 Å². The second kappa shape index (κ2) is 9.89. The molecule has 6 nitrogen and oxygen atoms in total. The normalized spacial score (nSPS) is 12.7. The SMILES string of the molecule is CCNC(=NCc1coc(-c2cccs2)n1)NCC(CO)c1ccccc1. The molecule has 1 atom stereocenters. The smallest absolute Gasteiger partial charge is 0.236 e. The number of aromatic nitrogens is 1. The first-order valence-corrected chi connectivity index (χ1v) is 9.84. The quantitative estimate of drug-likeness (QED) is 0.410. The van der Waals surface area contributed by atoms with E-state index in [9.17, 15) is 5.11 Å². The Balaban J connectivity index is 1.61. The summed E-state index contributed by atoms with van der Waals surface area (Å²) in [6, 6.07) is 13.9. The monoisotopic (exact) mass is 384 g/mol. The van der Waals surface area contributed by atoms with Gasteiger partial charge >= 0.3 is 0 Å². The van der Waals surface area contributed by atoms with E-state index in [-0.39, 0.29) is 12.5 Å². The molecule has 2 aromatic heterocycles. The maximum atomic E-state index is 9.70. The summed E-state index contributed by atoms with van der Waals surface area (Å²) in [5.74, 6) is 1.32. The second-order valence-electron chi connectivity index (χ2n) is 5.99. The largest absolute Gasteiger partial charge is 0.443 e. The summed E-state index contributed by atoms with van der Waals surface area (Å²) in [5.41, 5.74) is 1.87. The Morgan fingerprint density at radius 3 is 2.78 bits per heavy atom. The summed E-state index contributed by atoms with van der Waals surface area (Å²) < 4.78 is 5.53. The summed E-state index contributed by atoms with van der Waals surface area (Å²) in [5, 5.41) is 18.2. The van der Waals surface area contributed by atoms with Gasteiger partial charge in [0.2, 0.25) is 5.89 Å². The molecule has 0 saturated heterocycles. The highest BCUT2D eigenvalue weighted by molar-refractivity contribution is 7.13. The third-order valence-electron chi connectivity index (χ3n) is 4.03. The van der Waals surface area contributed by atoms with E-state index in [4.69, 9.17) is 4.42 Å². The molecular weight excluding hydrogens is 360 g/mol. The van der Waals surface area contributed by atoms with Crippen molar-refractivity contribution >= 4 is 17.3 Å². The van der Waals surface area contributed by atoms with E-state index in [1.165, 1.54) is 0 Å². The first kappa shape index (κ1) is 19.1. The minimum Gasteiger partial charge on any atom is -0.443 e. The lowest BCUT2D eigenvalue weighted by Gasteiger charge is -2.17. The van der Waals surface area contributed by atoms with E-state index >= 15 is 0 Å². The number of nitrogens with zero attached hydrogens (tertiary/aromatic N) is 2. The van der Waals surface area contributed by atoms with Crippen LogP contribution in [0.5, 0.6) is 0 Å². The average molecular weight is 385 g/mol. The molecule has 0 amide bonds. The molecule has 142 valence electrons. The van der Waals surface area contributed by atoms with Crippen molar-refractivity contribution in [3.05, 3.63) is 65.4 Å². The van der Waals surface area contributed by atoms with Crippen molar-refractivity contribution in [3.63, 3.8) is 0 Å². The van der Waals surface area contributed by atoms with Crippen molar-refractivity contribution in [2.75, 3.05) is 19.7 Å². The lowest BCUT2D eigenvalue weighted by atomic mass is 10.0. The van der Waals surface area contributed by atoms with Gasteiger partial charge in [-0.2, -0.15) is 0 Å². The van der Waals surface area contributed by atoms with Crippen LogP contribution in [-0.2, 0) is 6.54 Å². The number of oxazole rings is 1. The molecule has 0 bridgehead atoms. The van der Waals surface area contributed by atoms with Crippen LogP contribution in [0.2, 0.25) is 0 Å². The molecule has 7 heteroatoms. The van der Waals surface area contributed by atoms with Gasteiger partial charge in [0.15, 0.2) is 5.96 Å². The van der Waals surface area contributed by atoms with E-state index in [1.807, 2.05) is 54.8 Å². The van der Waals surface area contributed by atoms with Gasteiger partial charge in [-0.25, -0.2) is 9.98 Å². The van der Waals surface area contributed by atoms with Crippen LogP contribution in [-0.4, -0.2) is 35.7 Å². The van der Waals surface area contributed by atoms with Gasteiger partial charge in [0, 0.05) is 19.0 Å². The summed E-state index contributed by atoms with van der Waals surface area (Å²) in [4.78, 5) is 10.1. The number of rotatable bonds is 8. The van der Waals surface area contributed by atoms with Gasteiger partial charge < -0.3 is 20.2 Å². The average Bonchev–Trinajstić information content (AvgIpc) is 3.39. The van der Waals surface area contributed by atoms with Crippen molar-refractivity contribution in [3.8, 4) is 10.8 Å². The van der Waals surface area contributed by atoms with Gasteiger partial charge in [-0.3, -0.25) is 0 Å². The number of nitrogens with one attached hydrogen (secondary N) is 2. The zero-order valence-electron chi connectivity index (χ0n) is 15.3. The Kier molecular flexibility index (Phi) is 7.01. The van der Waals surface area contributed by atoms with Crippen LogP contribution in [0.1, 0.15) is 24.1 Å². The third kappa shape index (κ3) is 5.42. The number of thiophene rings is 1. The zero-order chi connectivity index (χ0) is 18.9. The predicted molar refractivity (Wildman–Crippen MR) is 109 cm³/mol. The Hall–Kier alpha value is -2.64. The first-order chi connectivity index (χ1) is 13.3. The fourth-order valence-corrected chi connectivity index (χ4v) is 3.28. The van der Waals surface area contributed by atoms with Gasteiger partial charge in [-0.05, 0) is 23.9 Å². The number of hydrogen-bond donors (Lipinski definition) is 3. The number of aliphatic hydroxyl groups excluding tert-OH is 1. The number of benzene rings is 1. The molecular formula is C20H24N4O2S. The van der Waals surface area contributed by atoms with Crippen LogP contribution in [0.25, 0.3) is 10.8 Å². The molecule has 0 fully saturated rings. The summed E-state index contributed by atoms with van der Waals surface area (Å²) in [6.07, 6.45) is 1.64. The van der Waals surface area contributed by atoms with Crippen molar-refractivity contribution in [1.29, 1.82) is 0 Å². The minimum atomic E-state index is 0.00698. The maximum absolute atomic E-state index is 9.70. The van der Waals surface area contributed by atoms with Gasteiger partial charge in [0.1, 0.15) is 12.0 Å². The Labute approximate surface area is 163 Å². The fraction of sp³-hybridized carbons (Fsp3) is 0.300. The molecule has 0 aliphatic rings. The van der Waals surface area contributed by atoms with E-state index in [1.54, 1.807) is 17.6 Å². The second-order valence-corrected chi connectivity index (χ2v) is 6.94. The van der Waals surface area contributed by atoms with Gasteiger partial charge in [0.25, 0.3) is 0 Å². The lowest BCUT2D eigenvalue weighted by Crippen LogP contribution is -2.39. The molecule has 0 spiro atoms. The molecule has 27 heavy (non-hydrogen) atoms. The molecule has 3 aromatic rings. The minimum absolute atomic E-state index is 0.00698. The lowest BCUT2D eigenvalue weighted by molar-refractivity contribution is 0.265. The molecule has 0 aliphatic carbocycles. The van der Waals surface area contributed by atoms with Gasteiger partial charge in [-0.15, -0.1) is 11.3 Å². The van der Waals surface area contributed by atoms with Crippen LogP contribution in [0.15, 0.2) is 63.5 Å². The van der Waals surface area contributed by atoms with Crippen molar-refractivity contribution in [1.82, 2.24) is 15.6 Å². The topological polar surface area (TPSA) is 82.7 Å². The molecule has 2 heterocycles. The molecule has 3 N–H and O–H groups in total. The zero-order valence-corrected chi connectivity index (χ0v) is 16.1. The maximum Gasteiger partial charge on any atom is 0.236 e. The molecule has 1 aromatic carbocycles. The molecule has 0 aliphatic heterocycles. The van der Waals surface area contributed by atoms with E-state index in [0.29, 0.717) is 24.9 Å². The fourth-order valence-electron chi connectivity index (χ4n) is 2.63. The summed E-state index contributed by atoms with van der Waals surface area (Å²) in [7, 11) is 0. The Morgan fingerprint density at radius 2 is 2.07 bits per heavy atom. The number of guanidine groups is 1. The Bertz CT molecular complexity index is 831. The third-order valence-corrected chi connectivity index (χ3v) is 4.89. The van der Waals surface area contributed by atoms with E-state index < -0.39 is 0 Å². The standard InChI is InChI=1S/C20H24N4O2S/c1-2-21-20(22-11-16(13-25)15-7-4-3-5-8-15)23-12-17-14-26-19(24-17)18-9-6-10-27-18/h3-10,14,16,25H,2,11-13H2,1H3,(H2,21,22,23). The molecule has 0 radical (unpaired) electrons. The highest BCUT2D eigenvalue weighted by atomic mass is 32.1. The van der Waals surface area contributed by atoms with Gasteiger partial charge in [-0.1, -0.05) is 36.4 Å². The summed E-state index contributed by atoms with van der Waals surface area (Å²) in [6.45, 7) is 3.85. The van der Waals surface area contributed by atoms with E-state index in [2.05, 4.69) is 20.6 Å². The molecule has 1 unspecified atom stereocenters. The number of hydrogen-bond acceptors (Lipinski definition) is 5. The van der Waals surface area contributed by atoms with Crippen molar-refractivity contribution < 1.29 is 9.52 Å². The van der Waals surface area contributed by atoms with Gasteiger partial charge in [0.05, 0.1) is 18.0 Å². The van der Waals surface area contributed by atoms with Crippen molar-refractivity contribution in [2.24, 2.45) is 4.99 Å². The number of aliphatic hydroxyl groups is 1. The van der Waals surface area contributed by atoms with Crippen LogP contribution < -0.4 is 10.6 Å². The highest BCUT2D eigenvalue weighted by Crippen LogP contribution is 2.23. The van der Waals surface area contributed by atoms with Crippen LogP contribution in [0.4, 0.5) is 0 Å².